The number of fused-ring (bicyclic) bond motifs is 4. The van der Waals surface area contributed by atoms with Crippen molar-refractivity contribution in [3.63, 3.8) is 0 Å². The topological polar surface area (TPSA) is 88.6 Å². The third-order valence-electron chi connectivity index (χ3n) is 7.64. The number of aryl methyl sites for hydroxylation is 1. The fourth-order valence-corrected chi connectivity index (χ4v) is 5.52. The highest BCUT2D eigenvalue weighted by molar-refractivity contribution is 5.98. The smallest absolute Gasteiger partial charge is 0.287 e. The minimum absolute atomic E-state index is 0.0488. The molecule has 1 aliphatic rings. The molecule has 5 rings (SSSR count). The van der Waals surface area contributed by atoms with Crippen LogP contribution in [-0.4, -0.2) is 72.4 Å². The van der Waals surface area contributed by atoms with E-state index in [9.17, 15) is 9.59 Å². The SMILES string of the molecule is CCCCN(CCCC)C(=O)c1ccc2c(c1)n(CCCN1CCCCC1)c1nc3nccnc3c(=O)n21. The molecule has 9 nitrogen and oxygen atoms in total. The van der Waals surface area contributed by atoms with Crippen LogP contribution in [0.15, 0.2) is 35.4 Å². The van der Waals surface area contributed by atoms with Crippen molar-refractivity contribution in [2.24, 2.45) is 0 Å². The van der Waals surface area contributed by atoms with E-state index >= 15 is 0 Å². The molecule has 1 aromatic carbocycles. The van der Waals surface area contributed by atoms with Crippen LogP contribution in [0.1, 0.15) is 75.6 Å². The molecule has 0 N–H and O–H groups in total. The summed E-state index contributed by atoms with van der Waals surface area (Å²) in [5.74, 6) is 0.600. The van der Waals surface area contributed by atoms with E-state index in [4.69, 9.17) is 4.98 Å². The number of hydrogen-bond acceptors (Lipinski definition) is 6. The minimum Gasteiger partial charge on any atom is -0.339 e. The lowest BCUT2D eigenvalue weighted by molar-refractivity contribution is 0.0751. The molecular weight excluding hydrogens is 478 g/mol. The zero-order valence-corrected chi connectivity index (χ0v) is 22.7. The Hall–Kier alpha value is -3.33. The largest absolute Gasteiger partial charge is 0.339 e. The van der Waals surface area contributed by atoms with E-state index in [1.54, 1.807) is 10.6 Å². The molecule has 1 fully saturated rings. The maximum Gasteiger partial charge on any atom is 0.287 e. The van der Waals surface area contributed by atoms with Crippen molar-refractivity contribution in [2.45, 2.75) is 71.8 Å². The molecule has 1 amide bonds. The molecule has 202 valence electrons. The Kier molecular flexibility index (Phi) is 8.32. The molecule has 0 aliphatic carbocycles. The summed E-state index contributed by atoms with van der Waals surface area (Å²) in [4.78, 5) is 45.0. The second-order valence-corrected chi connectivity index (χ2v) is 10.4. The lowest BCUT2D eigenvalue weighted by atomic mass is 10.1. The molecule has 38 heavy (non-hydrogen) atoms. The van der Waals surface area contributed by atoms with Crippen molar-refractivity contribution in [3.05, 3.63) is 46.5 Å². The number of aromatic nitrogens is 5. The average Bonchev–Trinajstić information content (AvgIpc) is 3.26. The lowest BCUT2D eigenvalue weighted by Gasteiger charge is -2.26. The van der Waals surface area contributed by atoms with E-state index in [0.717, 1.165) is 75.9 Å². The van der Waals surface area contributed by atoms with Gasteiger partial charge in [0.1, 0.15) is 0 Å². The van der Waals surface area contributed by atoms with Crippen molar-refractivity contribution in [1.82, 2.24) is 33.7 Å². The van der Waals surface area contributed by atoms with E-state index in [1.165, 1.54) is 25.5 Å². The molecule has 0 bridgehead atoms. The molecule has 0 atom stereocenters. The van der Waals surface area contributed by atoms with Crippen molar-refractivity contribution in [2.75, 3.05) is 32.7 Å². The molecule has 3 aromatic heterocycles. The first-order valence-corrected chi connectivity index (χ1v) is 14.3. The number of rotatable bonds is 11. The minimum atomic E-state index is -0.232. The summed E-state index contributed by atoms with van der Waals surface area (Å²) < 4.78 is 3.72. The van der Waals surface area contributed by atoms with Gasteiger partial charge in [0.15, 0.2) is 11.2 Å². The third-order valence-corrected chi connectivity index (χ3v) is 7.64. The van der Waals surface area contributed by atoms with Crippen molar-refractivity contribution in [3.8, 4) is 0 Å². The maximum absolute atomic E-state index is 13.6. The molecular formula is C29H39N7O2. The molecule has 4 heterocycles. The Labute approximate surface area is 223 Å². The van der Waals surface area contributed by atoms with E-state index in [0.29, 0.717) is 23.5 Å². The molecule has 1 saturated heterocycles. The Morgan fingerprint density at radius 3 is 2.39 bits per heavy atom. The van der Waals surface area contributed by atoms with Crippen LogP contribution < -0.4 is 5.56 Å². The standard InChI is InChI=1S/C29H39N7O2/c1-3-5-18-34(19-6-4-2)27(37)22-11-12-23-24(21-22)35(20-10-17-33-15-8-7-9-16-33)29-32-26-25(28(38)36(23)29)30-13-14-31-26/h11-14,21H,3-10,15-20H2,1-2H3. The Morgan fingerprint density at radius 2 is 1.66 bits per heavy atom. The highest BCUT2D eigenvalue weighted by Crippen LogP contribution is 2.23. The number of unbranched alkanes of at least 4 members (excludes halogenated alkanes) is 2. The van der Waals surface area contributed by atoms with Gasteiger partial charge in [0.2, 0.25) is 5.78 Å². The predicted octanol–water partition coefficient (Wildman–Crippen LogP) is 4.51. The van der Waals surface area contributed by atoms with Gasteiger partial charge in [0.25, 0.3) is 11.5 Å². The zero-order chi connectivity index (χ0) is 26.5. The molecule has 9 heteroatoms. The molecule has 0 spiro atoms. The van der Waals surface area contributed by atoms with Gasteiger partial charge < -0.3 is 14.4 Å². The lowest BCUT2D eigenvalue weighted by Crippen LogP contribution is -2.33. The van der Waals surface area contributed by atoms with Crippen LogP contribution in [0, 0.1) is 0 Å². The summed E-state index contributed by atoms with van der Waals surface area (Å²) in [7, 11) is 0. The normalized spacial score (nSPS) is 14.6. The fraction of sp³-hybridized carbons (Fsp3) is 0.552. The van der Waals surface area contributed by atoms with Crippen molar-refractivity contribution >= 4 is 33.9 Å². The second kappa shape index (κ2) is 12.0. The summed E-state index contributed by atoms with van der Waals surface area (Å²) in [6, 6.07) is 5.68. The van der Waals surface area contributed by atoms with Gasteiger partial charge in [-0.3, -0.25) is 9.59 Å². The van der Waals surface area contributed by atoms with Gasteiger partial charge in [-0.05, 0) is 69.9 Å². The number of amides is 1. The Morgan fingerprint density at radius 1 is 0.921 bits per heavy atom. The number of piperidine rings is 1. The van der Waals surface area contributed by atoms with Gasteiger partial charge in [-0.15, -0.1) is 0 Å². The molecule has 0 unspecified atom stereocenters. The van der Waals surface area contributed by atoms with Gasteiger partial charge in [0.05, 0.1) is 11.0 Å². The number of imidazole rings is 1. The predicted molar refractivity (Wildman–Crippen MR) is 151 cm³/mol. The van der Waals surface area contributed by atoms with E-state index in [-0.39, 0.29) is 17.0 Å². The quantitative estimate of drug-likeness (QED) is 0.291. The van der Waals surface area contributed by atoms with Gasteiger partial charge in [0, 0.05) is 37.6 Å². The van der Waals surface area contributed by atoms with E-state index in [2.05, 4.69) is 33.3 Å². The summed E-state index contributed by atoms with van der Waals surface area (Å²) >= 11 is 0. The van der Waals surface area contributed by atoms with Crippen LogP contribution >= 0.6 is 0 Å². The molecule has 4 aromatic rings. The third kappa shape index (κ3) is 5.29. The number of benzene rings is 1. The Balaban J connectivity index is 1.57. The summed E-state index contributed by atoms with van der Waals surface area (Å²) in [6.45, 7) is 9.82. The van der Waals surface area contributed by atoms with Crippen molar-refractivity contribution < 1.29 is 4.79 Å². The summed E-state index contributed by atoms with van der Waals surface area (Å²) in [6.07, 6.45) is 11.9. The molecule has 1 aliphatic heterocycles. The van der Waals surface area contributed by atoms with Crippen LogP contribution in [0.3, 0.4) is 0 Å². The van der Waals surface area contributed by atoms with Gasteiger partial charge >= 0.3 is 0 Å². The number of hydrogen-bond donors (Lipinski definition) is 0. The van der Waals surface area contributed by atoms with Crippen LogP contribution in [-0.2, 0) is 6.54 Å². The van der Waals surface area contributed by atoms with Crippen LogP contribution in [0.4, 0.5) is 0 Å². The monoisotopic (exact) mass is 517 g/mol. The highest BCUT2D eigenvalue weighted by atomic mass is 16.2. The number of nitrogens with zero attached hydrogens (tertiary/aromatic N) is 7. The van der Waals surface area contributed by atoms with Crippen molar-refractivity contribution in [1.29, 1.82) is 0 Å². The van der Waals surface area contributed by atoms with Crippen LogP contribution in [0.25, 0.3) is 28.0 Å². The highest BCUT2D eigenvalue weighted by Gasteiger charge is 2.21. The summed E-state index contributed by atoms with van der Waals surface area (Å²) in [5.41, 5.74) is 2.61. The zero-order valence-electron chi connectivity index (χ0n) is 22.7. The first kappa shape index (κ1) is 26.3. The van der Waals surface area contributed by atoms with Gasteiger partial charge in [-0.25, -0.2) is 14.4 Å². The van der Waals surface area contributed by atoms with Crippen LogP contribution in [0.5, 0.6) is 0 Å². The van der Waals surface area contributed by atoms with Crippen LogP contribution in [0.2, 0.25) is 0 Å². The Bertz CT molecular complexity index is 1460. The van der Waals surface area contributed by atoms with Gasteiger partial charge in [-0.1, -0.05) is 33.1 Å². The number of likely N-dealkylation sites (tertiary alicyclic amines) is 1. The average molecular weight is 518 g/mol. The number of carbonyl (C=O) groups excluding carboxylic acids is 1. The van der Waals surface area contributed by atoms with Gasteiger partial charge in [-0.2, -0.15) is 4.98 Å². The molecule has 0 saturated carbocycles. The van der Waals surface area contributed by atoms with E-state index in [1.807, 2.05) is 23.1 Å². The van der Waals surface area contributed by atoms with E-state index < -0.39 is 0 Å². The first-order valence-electron chi connectivity index (χ1n) is 14.3. The summed E-state index contributed by atoms with van der Waals surface area (Å²) in [5, 5.41) is 0. The number of carbonyl (C=O) groups is 1. The first-order chi connectivity index (χ1) is 18.6. The molecule has 0 radical (unpaired) electrons. The maximum atomic E-state index is 13.6. The fourth-order valence-electron chi connectivity index (χ4n) is 5.52. The second-order valence-electron chi connectivity index (χ2n) is 10.4.